The van der Waals surface area contributed by atoms with Crippen LogP contribution in [0.15, 0.2) is 0 Å². The predicted molar refractivity (Wildman–Crippen MR) is 30.2 cm³/mol. The minimum atomic E-state index is -4.30. The lowest BCUT2D eigenvalue weighted by Crippen LogP contribution is -2.50. The number of halogens is 3. The quantitative estimate of drug-likeness (QED) is 0.571. The van der Waals surface area contributed by atoms with Crippen LogP contribution in [0.25, 0.3) is 0 Å². The highest BCUT2D eigenvalue weighted by Crippen LogP contribution is 2.23. The predicted octanol–water partition coefficient (Wildman–Crippen LogP) is 0.586. The molecule has 0 heterocycles. The van der Waals surface area contributed by atoms with Crippen LogP contribution in [-0.4, -0.2) is 18.4 Å². The van der Waals surface area contributed by atoms with Crippen LogP contribution in [0.1, 0.15) is 12.8 Å². The molecule has 2 nitrogen and oxygen atoms in total. The van der Waals surface area contributed by atoms with Crippen molar-refractivity contribution < 1.29 is 13.2 Å². The molecule has 1 unspecified atom stereocenters. The van der Waals surface area contributed by atoms with Crippen molar-refractivity contribution >= 4 is 0 Å². The highest BCUT2D eigenvalue weighted by molar-refractivity contribution is 4.85. The smallest absolute Gasteiger partial charge is 0.308 e. The molecule has 1 aliphatic rings. The Morgan fingerprint density at radius 3 is 2.20 bits per heavy atom. The first kappa shape index (κ1) is 7.81. The minimum Gasteiger partial charge on any atom is -0.308 e. The number of hydrogen-bond acceptors (Lipinski definition) is 2. The Morgan fingerprint density at radius 1 is 1.40 bits per heavy atom. The van der Waals surface area contributed by atoms with Crippen molar-refractivity contribution in [1.29, 1.82) is 0 Å². The Morgan fingerprint density at radius 2 is 1.90 bits per heavy atom. The maximum absolute atomic E-state index is 11.6. The lowest BCUT2D eigenvalue weighted by molar-refractivity contribution is -0.154. The second-order valence-electron chi connectivity index (χ2n) is 2.46. The number of nitrogens with two attached hydrogens (primary N) is 1. The van der Waals surface area contributed by atoms with Crippen LogP contribution in [0.2, 0.25) is 0 Å². The molecule has 0 saturated heterocycles. The zero-order valence-electron chi connectivity index (χ0n) is 5.28. The van der Waals surface area contributed by atoms with Gasteiger partial charge in [-0.3, -0.25) is 5.32 Å². The van der Waals surface area contributed by atoms with Gasteiger partial charge in [0, 0.05) is 6.04 Å². The molecule has 0 aromatic carbocycles. The summed E-state index contributed by atoms with van der Waals surface area (Å²) in [5, 5.41) is 2.25. The zero-order valence-corrected chi connectivity index (χ0v) is 5.28. The van der Waals surface area contributed by atoms with Crippen LogP contribution in [0, 0.1) is 0 Å². The molecule has 10 heavy (non-hydrogen) atoms. The standard InChI is InChI=1S/C5H9F3N2/c6-5(7,8)4(9)10-3-1-2-3/h3-4,10H,1-2,9H2. The molecule has 0 amide bonds. The van der Waals surface area contributed by atoms with Crippen LogP contribution in [0.5, 0.6) is 0 Å². The summed E-state index contributed by atoms with van der Waals surface area (Å²) in [5.41, 5.74) is 4.76. The van der Waals surface area contributed by atoms with Gasteiger partial charge < -0.3 is 5.73 Å². The fourth-order valence-electron chi connectivity index (χ4n) is 0.598. The van der Waals surface area contributed by atoms with E-state index < -0.39 is 12.3 Å². The van der Waals surface area contributed by atoms with E-state index in [1.807, 2.05) is 0 Å². The molecule has 0 aliphatic heterocycles. The molecule has 1 fully saturated rings. The summed E-state index contributed by atoms with van der Waals surface area (Å²) in [5.74, 6) is 0. The van der Waals surface area contributed by atoms with Crippen molar-refractivity contribution in [2.24, 2.45) is 5.73 Å². The van der Waals surface area contributed by atoms with Gasteiger partial charge in [0.25, 0.3) is 0 Å². The summed E-state index contributed by atoms with van der Waals surface area (Å²) in [6.07, 6.45) is -4.53. The topological polar surface area (TPSA) is 38.0 Å². The van der Waals surface area contributed by atoms with Gasteiger partial charge in [-0.05, 0) is 12.8 Å². The van der Waals surface area contributed by atoms with Crippen molar-refractivity contribution in [3.8, 4) is 0 Å². The summed E-state index contributed by atoms with van der Waals surface area (Å²) in [4.78, 5) is 0. The molecule has 0 bridgehead atoms. The molecule has 1 saturated carbocycles. The van der Waals surface area contributed by atoms with Crippen molar-refractivity contribution in [1.82, 2.24) is 5.32 Å². The van der Waals surface area contributed by atoms with Gasteiger partial charge in [0.15, 0.2) is 6.17 Å². The van der Waals surface area contributed by atoms with Gasteiger partial charge in [0.1, 0.15) is 0 Å². The molecule has 0 spiro atoms. The van der Waals surface area contributed by atoms with Crippen molar-refractivity contribution in [3.63, 3.8) is 0 Å². The van der Waals surface area contributed by atoms with Crippen LogP contribution in [0.4, 0.5) is 13.2 Å². The van der Waals surface area contributed by atoms with Crippen LogP contribution in [0.3, 0.4) is 0 Å². The van der Waals surface area contributed by atoms with E-state index in [-0.39, 0.29) is 6.04 Å². The number of rotatable bonds is 2. The second kappa shape index (κ2) is 2.39. The van der Waals surface area contributed by atoms with Gasteiger partial charge in [0.2, 0.25) is 0 Å². The molecule has 1 rings (SSSR count). The third-order valence-corrected chi connectivity index (χ3v) is 1.35. The third-order valence-electron chi connectivity index (χ3n) is 1.35. The SMILES string of the molecule is NC(NC1CC1)C(F)(F)F. The highest BCUT2D eigenvalue weighted by atomic mass is 19.4. The first-order chi connectivity index (χ1) is 4.50. The molecule has 0 aromatic heterocycles. The largest absolute Gasteiger partial charge is 0.416 e. The highest BCUT2D eigenvalue weighted by Gasteiger charge is 2.39. The van der Waals surface area contributed by atoms with Gasteiger partial charge in [-0.1, -0.05) is 0 Å². The monoisotopic (exact) mass is 154 g/mol. The number of hydrogen-bond donors (Lipinski definition) is 2. The van der Waals surface area contributed by atoms with Gasteiger partial charge in [-0.2, -0.15) is 13.2 Å². The van der Waals surface area contributed by atoms with Crippen molar-refractivity contribution in [3.05, 3.63) is 0 Å². The summed E-state index contributed by atoms with van der Waals surface area (Å²) in [7, 11) is 0. The molecule has 3 N–H and O–H groups in total. The van der Waals surface area contributed by atoms with E-state index in [9.17, 15) is 13.2 Å². The summed E-state index contributed by atoms with van der Waals surface area (Å²) >= 11 is 0. The Bertz CT molecular complexity index is 119. The molecular formula is C5H9F3N2. The van der Waals surface area contributed by atoms with Crippen molar-refractivity contribution in [2.45, 2.75) is 31.2 Å². The van der Waals surface area contributed by atoms with Crippen LogP contribution >= 0.6 is 0 Å². The van der Waals surface area contributed by atoms with Gasteiger partial charge in [-0.25, -0.2) is 0 Å². The number of alkyl halides is 3. The molecule has 0 radical (unpaired) electrons. The van der Waals surface area contributed by atoms with Crippen molar-refractivity contribution in [2.75, 3.05) is 0 Å². The summed E-state index contributed by atoms with van der Waals surface area (Å²) in [6.45, 7) is 0. The van der Waals surface area contributed by atoms with E-state index in [0.29, 0.717) is 0 Å². The van der Waals surface area contributed by atoms with Gasteiger partial charge >= 0.3 is 6.18 Å². The molecule has 1 aliphatic carbocycles. The molecule has 1 atom stereocenters. The molecule has 0 aromatic rings. The minimum absolute atomic E-state index is 0.00313. The lowest BCUT2D eigenvalue weighted by atomic mass is 10.5. The second-order valence-corrected chi connectivity index (χ2v) is 2.46. The first-order valence-electron chi connectivity index (χ1n) is 3.08. The maximum atomic E-state index is 11.6. The zero-order chi connectivity index (χ0) is 7.78. The summed E-state index contributed by atoms with van der Waals surface area (Å²) < 4.78 is 34.9. The Kier molecular flexibility index (Phi) is 1.87. The molecule has 60 valence electrons. The van der Waals surface area contributed by atoms with Gasteiger partial charge in [-0.15, -0.1) is 0 Å². The Balaban J connectivity index is 2.25. The van der Waals surface area contributed by atoms with Crippen LogP contribution < -0.4 is 11.1 Å². The molecule has 5 heteroatoms. The fourth-order valence-corrected chi connectivity index (χ4v) is 0.598. The van der Waals surface area contributed by atoms with Gasteiger partial charge in [0.05, 0.1) is 0 Å². The summed E-state index contributed by atoms with van der Waals surface area (Å²) in [6, 6.07) is -0.00313. The Labute approximate surface area is 56.6 Å². The van der Waals surface area contributed by atoms with Crippen LogP contribution in [-0.2, 0) is 0 Å². The number of nitrogens with one attached hydrogen (secondary N) is 1. The van der Waals surface area contributed by atoms with E-state index in [1.165, 1.54) is 0 Å². The first-order valence-corrected chi connectivity index (χ1v) is 3.08. The average molecular weight is 154 g/mol. The molecular weight excluding hydrogens is 145 g/mol. The van der Waals surface area contributed by atoms with E-state index in [0.717, 1.165) is 12.8 Å². The normalized spacial score (nSPS) is 22.8. The maximum Gasteiger partial charge on any atom is 0.416 e. The van der Waals surface area contributed by atoms with E-state index in [4.69, 9.17) is 5.73 Å². The van der Waals surface area contributed by atoms with E-state index in [1.54, 1.807) is 0 Å². The lowest BCUT2D eigenvalue weighted by Gasteiger charge is -2.15. The van der Waals surface area contributed by atoms with E-state index in [2.05, 4.69) is 5.32 Å². The van der Waals surface area contributed by atoms with E-state index >= 15 is 0 Å². The third kappa shape index (κ3) is 2.15. The average Bonchev–Trinajstić information content (AvgIpc) is 2.47. The Hall–Kier alpha value is -0.290. The fraction of sp³-hybridized carbons (Fsp3) is 1.00.